The lowest BCUT2D eigenvalue weighted by Gasteiger charge is -2.30. The Kier molecular flexibility index (Phi) is 4.03. The summed E-state index contributed by atoms with van der Waals surface area (Å²) >= 11 is 0. The molecule has 0 unspecified atom stereocenters. The van der Waals surface area contributed by atoms with Gasteiger partial charge in [-0.3, -0.25) is 4.79 Å². The van der Waals surface area contributed by atoms with Crippen molar-refractivity contribution in [1.29, 1.82) is 0 Å². The first-order chi connectivity index (χ1) is 12.0. The molecule has 7 heteroatoms. The third kappa shape index (κ3) is 2.82. The topological polar surface area (TPSA) is 47.4 Å². The van der Waals surface area contributed by atoms with Crippen LogP contribution in [0.25, 0.3) is 5.69 Å². The van der Waals surface area contributed by atoms with Crippen molar-refractivity contribution in [3.05, 3.63) is 46.8 Å². The Morgan fingerprint density at radius 3 is 2.88 bits per heavy atom. The molecule has 0 N–H and O–H groups in total. The summed E-state index contributed by atoms with van der Waals surface area (Å²) in [6, 6.07) is 3.68. The highest BCUT2D eigenvalue weighted by Crippen LogP contribution is 2.29. The van der Waals surface area contributed by atoms with Gasteiger partial charge >= 0.3 is 0 Å². The number of hydrogen-bond acceptors (Lipinski definition) is 3. The van der Waals surface area contributed by atoms with Gasteiger partial charge < -0.3 is 9.64 Å². The maximum absolute atomic E-state index is 13.6. The zero-order valence-electron chi connectivity index (χ0n) is 14.0. The van der Waals surface area contributed by atoms with Crippen LogP contribution in [0.2, 0.25) is 0 Å². The molecular formula is C18H19F2N3O2. The summed E-state index contributed by atoms with van der Waals surface area (Å²) in [6.07, 6.45) is 2.48. The summed E-state index contributed by atoms with van der Waals surface area (Å²) in [5, 5.41) is 4.47. The van der Waals surface area contributed by atoms with Gasteiger partial charge in [0.1, 0.15) is 0 Å². The van der Waals surface area contributed by atoms with Crippen LogP contribution in [0.3, 0.4) is 0 Å². The number of aromatic nitrogens is 2. The standard InChI is InChI=1S/C18H19F2N3O2/c1-11-10-22(7-8-25-11)18(24)17-13-3-2-4-16(13)23(21-17)12-5-6-14(19)15(20)9-12/h5-6,9,11H,2-4,7-8,10H2,1H3/t11-/m1/s1. The Morgan fingerprint density at radius 2 is 2.12 bits per heavy atom. The lowest BCUT2D eigenvalue weighted by molar-refractivity contribution is -0.0126. The summed E-state index contributed by atoms with van der Waals surface area (Å²) < 4.78 is 33.9. The molecule has 5 nitrogen and oxygen atoms in total. The molecule has 1 aliphatic carbocycles. The van der Waals surface area contributed by atoms with Gasteiger partial charge in [-0.25, -0.2) is 13.5 Å². The highest BCUT2D eigenvalue weighted by molar-refractivity contribution is 5.94. The van der Waals surface area contributed by atoms with Crippen LogP contribution in [0.15, 0.2) is 18.2 Å². The molecule has 2 aliphatic rings. The molecular weight excluding hydrogens is 328 g/mol. The first-order valence-electron chi connectivity index (χ1n) is 8.51. The quantitative estimate of drug-likeness (QED) is 0.839. The van der Waals surface area contributed by atoms with E-state index in [1.165, 1.54) is 6.07 Å². The normalized spacial score (nSPS) is 20.0. The van der Waals surface area contributed by atoms with E-state index in [1.54, 1.807) is 9.58 Å². The van der Waals surface area contributed by atoms with E-state index in [4.69, 9.17) is 4.74 Å². The third-order valence-electron chi connectivity index (χ3n) is 4.81. The predicted octanol–water partition coefficient (Wildman–Crippen LogP) is 2.50. The highest BCUT2D eigenvalue weighted by Gasteiger charge is 2.31. The molecule has 1 fully saturated rings. The van der Waals surface area contributed by atoms with Gasteiger partial charge in [-0.15, -0.1) is 0 Å². The number of carbonyl (C=O) groups is 1. The van der Waals surface area contributed by atoms with Crippen LogP contribution in [0.1, 0.15) is 35.1 Å². The van der Waals surface area contributed by atoms with Crippen LogP contribution in [0, 0.1) is 11.6 Å². The first-order valence-corrected chi connectivity index (χ1v) is 8.51. The van der Waals surface area contributed by atoms with E-state index in [0.717, 1.165) is 42.7 Å². The van der Waals surface area contributed by atoms with Crippen molar-refractivity contribution in [2.45, 2.75) is 32.3 Å². The van der Waals surface area contributed by atoms with E-state index in [-0.39, 0.29) is 12.0 Å². The molecule has 25 heavy (non-hydrogen) atoms. The van der Waals surface area contributed by atoms with Gasteiger partial charge in [0.25, 0.3) is 5.91 Å². The number of carbonyl (C=O) groups excluding carboxylic acids is 1. The fourth-order valence-corrected chi connectivity index (χ4v) is 3.59. The minimum atomic E-state index is -0.922. The van der Waals surface area contributed by atoms with Gasteiger partial charge in [-0.1, -0.05) is 0 Å². The Morgan fingerprint density at radius 1 is 1.28 bits per heavy atom. The Labute approximate surface area is 144 Å². The number of amides is 1. The van der Waals surface area contributed by atoms with Gasteiger partial charge in [0, 0.05) is 30.4 Å². The minimum absolute atomic E-state index is 0.000899. The van der Waals surface area contributed by atoms with Gasteiger partial charge in [0.05, 0.1) is 18.4 Å². The Balaban J connectivity index is 1.72. The number of halogens is 2. The second kappa shape index (κ2) is 6.22. The van der Waals surface area contributed by atoms with Gasteiger partial charge in [-0.2, -0.15) is 5.10 Å². The molecule has 2 heterocycles. The van der Waals surface area contributed by atoms with Gasteiger partial charge in [-0.05, 0) is 38.3 Å². The average molecular weight is 347 g/mol. The average Bonchev–Trinajstić information content (AvgIpc) is 3.19. The van der Waals surface area contributed by atoms with Gasteiger partial charge in [0.2, 0.25) is 0 Å². The summed E-state index contributed by atoms with van der Waals surface area (Å²) in [5.41, 5.74) is 2.70. The number of fused-ring (bicyclic) bond motifs is 1. The monoisotopic (exact) mass is 347 g/mol. The van der Waals surface area contributed by atoms with E-state index >= 15 is 0 Å². The smallest absolute Gasteiger partial charge is 0.274 e. The molecule has 1 atom stereocenters. The number of nitrogens with zero attached hydrogens (tertiary/aromatic N) is 3. The lowest BCUT2D eigenvalue weighted by atomic mass is 10.1. The molecule has 1 aromatic heterocycles. The largest absolute Gasteiger partial charge is 0.375 e. The third-order valence-corrected chi connectivity index (χ3v) is 4.81. The second-order valence-electron chi connectivity index (χ2n) is 6.57. The number of hydrogen-bond donors (Lipinski definition) is 0. The van der Waals surface area contributed by atoms with Crippen molar-refractivity contribution >= 4 is 5.91 Å². The maximum atomic E-state index is 13.6. The zero-order chi connectivity index (χ0) is 17.6. The van der Waals surface area contributed by atoms with Crippen molar-refractivity contribution < 1.29 is 18.3 Å². The fourth-order valence-electron chi connectivity index (χ4n) is 3.59. The summed E-state index contributed by atoms with van der Waals surface area (Å²) in [4.78, 5) is 14.7. The molecule has 1 aliphatic heterocycles. The molecule has 0 radical (unpaired) electrons. The minimum Gasteiger partial charge on any atom is -0.375 e. The van der Waals surface area contributed by atoms with Gasteiger partial charge in [0.15, 0.2) is 17.3 Å². The number of rotatable bonds is 2. The van der Waals surface area contributed by atoms with Crippen molar-refractivity contribution in [2.75, 3.05) is 19.7 Å². The van der Waals surface area contributed by atoms with Crippen molar-refractivity contribution in [3.8, 4) is 5.69 Å². The molecule has 4 rings (SSSR count). The second-order valence-corrected chi connectivity index (χ2v) is 6.57. The Bertz CT molecular complexity index is 834. The fraction of sp³-hybridized carbons (Fsp3) is 0.444. The van der Waals surface area contributed by atoms with Crippen LogP contribution < -0.4 is 0 Å². The molecule has 1 amide bonds. The van der Waals surface area contributed by atoms with Crippen LogP contribution in [0.4, 0.5) is 8.78 Å². The summed E-state index contributed by atoms with van der Waals surface area (Å²) in [6.45, 7) is 3.52. The first kappa shape index (κ1) is 16.2. The van der Waals surface area contributed by atoms with Crippen LogP contribution in [-0.2, 0) is 17.6 Å². The maximum Gasteiger partial charge on any atom is 0.274 e. The lowest BCUT2D eigenvalue weighted by Crippen LogP contribution is -2.44. The molecule has 0 saturated carbocycles. The van der Waals surface area contributed by atoms with E-state index in [9.17, 15) is 13.6 Å². The van der Waals surface area contributed by atoms with Crippen molar-refractivity contribution in [3.63, 3.8) is 0 Å². The molecule has 0 spiro atoms. The number of ether oxygens (including phenoxy) is 1. The molecule has 0 bridgehead atoms. The predicted molar refractivity (Wildman–Crippen MR) is 86.8 cm³/mol. The Hall–Kier alpha value is -2.28. The van der Waals surface area contributed by atoms with E-state index in [1.807, 2.05) is 6.92 Å². The molecule has 1 aromatic carbocycles. The molecule has 2 aromatic rings. The molecule has 132 valence electrons. The van der Waals surface area contributed by atoms with Crippen LogP contribution in [0.5, 0.6) is 0 Å². The van der Waals surface area contributed by atoms with E-state index < -0.39 is 11.6 Å². The molecule has 1 saturated heterocycles. The van der Waals surface area contributed by atoms with Crippen LogP contribution in [-0.4, -0.2) is 46.4 Å². The van der Waals surface area contributed by atoms with E-state index in [0.29, 0.717) is 31.1 Å². The highest BCUT2D eigenvalue weighted by atomic mass is 19.2. The summed E-state index contributed by atoms with van der Waals surface area (Å²) in [7, 11) is 0. The van der Waals surface area contributed by atoms with Crippen molar-refractivity contribution in [2.24, 2.45) is 0 Å². The summed E-state index contributed by atoms with van der Waals surface area (Å²) in [5.74, 6) is -1.93. The van der Waals surface area contributed by atoms with Crippen molar-refractivity contribution in [1.82, 2.24) is 14.7 Å². The SMILES string of the molecule is C[C@@H]1CN(C(=O)c2nn(-c3ccc(F)c(F)c3)c3c2CCC3)CCO1. The van der Waals surface area contributed by atoms with E-state index in [2.05, 4.69) is 5.10 Å². The number of benzene rings is 1. The number of morpholine rings is 1. The zero-order valence-corrected chi connectivity index (χ0v) is 14.0. The van der Waals surface area contributed by atoms with Crippen LogP contribution >= 0.6 is 0 Å².